The van der Waals surface area contributed by atoms with Crippen LogP contribution in [0.15, 0.2) is 55.6 Å². The molecule has 0 aliphatic heterocycles. The second-order valence-electron chi connectivity index (χ2n) is 5.18. The van der Waals surface area contributed by atoms with Crippen LogP contribution in [0.25, 0.3) is 0 Å². The minimum absolute atomic E-state index is 0.234. The average molecular weight is 365 g/mol. The maximum Gasteiger partial charge on any atom is 0.329 e. The summed E-state index contributed by atoms with van der Waals surface area (Å²) in [6.45, 7) is 9.08. The first-order valence-corrected chi connectivity index (χ1v) is 8.53. The lowest BCUT2D eigenvalue weighted by Crippen LogP contribution is -2.22. The molecule has 0 aliphatic rings. The van der Waals surface area contributed by atoms with Crippen molar-refractivity contribution in [2.24, 2.45) is 0 Å². The number of amides is 1. The van der Waals surface area contributed by atoms with Crippen molar-refractivity contribution in [1.29, 1.82) is 0 Å². The van der Waals surface area contributed by atoms with Gasteiger partial charge in [0.15, 0.2) is 0 Å². The summed E-state index contributed by atoms with van der Waals surface area (Å²) in [5, 5.41) is 16.2. The Kier molecular flexibility index (Phi) is 18.7. The normalized spacial score (nSPS) is 8.77. The molecule has 0 spiro atoms. The van der Waals surface area contributed by atoms with Crippen LogP contribution >= 0.6 is 0 Å². The van der Waals surface area contributed by atoms with E-state index in [-0.39, 0.29) is 5.56 Å². The molecule has 0 aliphatic carbocycles. The number of rotatable bonds is 8. The van der Waals surface area contributed by atoms with Crippen molar-refractivity contribution in [1.82, 2.24) is 5.23 Å². The molecule has 0 heterocycles. The van der Waals surface area contributed by atoms with Gasteiger partial charge in [-0.15, -0.1) is 6.58 Å². The monoisotopic (exact) mass is 365 g/mol. The van der Waals surface area contributed by atoms with E-state index in [0.717, 1.165) is 6.08 Å². The van der Waals surface area contributed by atoms with E-state index in [2.05, 4.69) is 24.8 Å². The quantitative estimate of drug-likeness (QED) is 0.173. The Bertz CT molecular complexity index is 500. The van der Waals surface area contributed by atoms with Gasteiger partial charge in [-0.1, -0.05) is 68.7 Å². The largest absolute Gasteiger partial charge is 0.466 e. The number of methoxy groups -OCH3 is 1. The summed E-state index contributed by atoms with van der Waals surface area (Å²) >= 11 is 0. The highest BCUT2D eigenvalue weighted by molar-refractivity contribution is 5.92. The summed E-state index contributed by atoms with van der Waals surface area (Å²) in [5.41, 5.74) is 0.234. The van der Waals surface area contributed by atoms with Gasteiger partial charge in [0.1, 0.15) is 0 Å². The number of esters is 1. The Morgan fingerprint density at radius 3 is 2.04 bits per heavy atom. The highest BCUT2D eigenvalue weighted by atomic mass is 16.8. The lowest BCUT2D eigenvalue weighted by molar-refractivity contribution is -0.260. The minimum atomic E-state index is -0.842. The summed E-state index contributed by atoms with van der Waals surface area (Å²) in [6.07, 6.45) is 11.2. The smallest absolute Gasteiger partial charge is 0.329 e. The Morgan fingerprint density at radius 1 is 1.08 bits per heavy atom. The number of benzene rings is 1. The highest BCUT2D eigenvalue weighted by Gasteiger charge is 2.09. The third-order valence-electron chi connectivity index (χ3n) is 3.08. The van der Waals surface area contributed by atoms with E-state index in [9.17, 15) is 9.59 Å². The molecular weight excluding hydrogens is 334 g/mol. The van der Waals surface area contributed by atoms with Crippen LogP contribution in [0.2, 0.25) is 0 Å². The molecular formula is C20H31NO5. The van der Waals surface area contributed by atoms with Crippen LogP contribution in [0.4, 0.5) is 0 Å². The summed E-state index contributed by atoms with van der Waals surface area (Å²) in [7, 11) is 1.31. The Balaban J connectivity index is 0. The van der Waals surface area contributed by atoms with E-state index < -0.39 is 17.1 Å². The maximum absolute atomic E-state index is 10.8. The zero-order valence-electron chi connectivity index (χ0n) is 15.8. The lowest BCUT2D eigenvalue weighted by atomic mass is 10.1. The van der Waals surface area contributed by atoms with Crippen molar-refractivity contribution in [3.05, 3.63) is 61.2 Å². The fourth-order valence-corrected chi connectivity index (χ4v) is 1.67. The van der Waals surface area contributed by atoms with Crippen LogP contribution in [0.1, 0.15) is 55.8 Å². The lowest BCUT2D eigenvalue weighted by Gasteiger charge is -2.04. The Labute approximate surface area is 156 Å². The van der Waals surface area contributed by atoms with Gasteiger partial charge in [-0.2, -0.15) is 0 Å². The van der Waals surface area contributed by atoms with E-state index in [1.807, 2.05) is 6.08 Å². The van der Waals surface area contributed by atoms with Crippen LogP contribution < -0.4 is 0 Å². The van der Waals surface area contributed by atoms with Crippen LogP contribution in [0, 0.1) is 0 Å². The van der Waals surface area contributed by atoms with Gasteiger partial charge in [-0.3, -0.25) is 15.2 Å². The van der Waals surface area contributed by atoms with Gasteiger partial charge in [0.05, 0.1) is 7.11 Å². The van der Waals surface area contributed by atoms with Crippen molar-refractivity contribution < 1.29 is 24.7 Å². The number of unbranched alkanes of at least 4 members (excludes halogenated alkanes) is 5. The molecule has 0 radical (unpaired) electrons. The van der Waals surface area contributed by atoms with Crippen molar-refractivity contribution in [2.75, 3.05) is 7.11 Å². The van der Waals surface area contributed by atoms with Gasteiger partial charge in [-0.05, 0) is 25.0 Å². The number of hydroxylamine groups is 2. The van der Waals surface area contributed by atoms with Gasteiger partial charge >= 0.3 is 11.9 Å². The maximum atomic E-state index is 10.8. The third-order valence-corrected chi connectivity index (χ3v) is 3.08. The number of allylic oxidation sites excluding steroid dienone is 1. The molecule has 6 nitrogen and oxygen atoms in total. The molecule has 0 unspecified atom stereocenters. The van der Waals surface area contributed by atoms with Gasteiger partial charge in [0, 0.05) is 11.6 Å². The Hall–Kier alpha value is -2.44. The summed E-state index contributed by atoms with van der Waals surface area (Å²) < 4.78 is 4.14. The number of hydrogen-bond donors (Lipinski definition) is 2. The van der Waals surface area contributed by atoms with Crippen molar-refractivity contribution in [3.8, 4) is 0 Å². The minimum Gasteiger partial charge on any atom is -0.466 e. The van der Waals surface area contributed by atoms with Crippen LogP contribution in [-0.2, 0) is 9.53 Å². The zero-order chi connectivity index (χ0) is 20.2. The van der Waals surface area contributed by atoms with Gasteiger partial charge in [-0.25, -0.2) is 4.79 Å². The fourth-order valence-electron chi connectivity index (χ4n) is 1.67. The SMILES string of the molecule is C=CC(=O)OC.C=CCCCCCCC.O=C(c1ccccc1)N(O)O. The van der Waals surface area contributed by atoms with E-state index in [1.165, 1.54) is 57.8 Å². The Morgan fingerprint density at radius 2 is 1.65 bits per heavy atom. The van der Waals surface area contributed by atoms with Gasteiger partial charge < -0.3 is 4.74 Å². The van der Waals surface area contributed by atoms with E-state index in [1.54, 1.807) is 18.2 Å². The summed E-state index contributed by atoms with van der Waals surface area (Å²) in [5.74, 6) is -1.24. The molecule has 0 saturated carbocycles. The predicted molar refractivity (Wildman–Crippen MR) is 102 cm³/mol. The first-order chi connectivity index (χ1) is 12.4. The number of carbonyl (C=O) groups is 2. The van der Waals surface area contributed by atoms with E-state index in [0.29, 0.717) is 0 Å². The standard InChI is InChI=1S/C9H18.C7H7NO3.C4H6O2/c1-3-5-7-9-8-6-4-2;9-7(8(10)11)6-4-2-1-3-5-6;1-3-4(5)6-2/h3H,1,4-9H2,2H3;1-5,10-11H;3H,1H2,2H3. The average Bonchev–Trinajstić information content (AvgIpc) is 2.68. The third kappa shape index (κ3) is 16.4. The molecule has 1 rings (SSSR count). The molecule has 26 heavy (non-hydrogen) atoms. The molecule has 0 saturated heterocycles. The van der Waals surface area contributed by atoms with Crippen molar-refractivity contribution >= 4 is 11.9 Å². The van der Waals surface area contributed by atoms with Crippen LogP contribution in [0.3, 0.4) is 0 Å². The second kappa shape index (κ2) is 18.9. The van der Waals surface area contributed by atoms with Gasteiger partial charge in [0.25, 0.3) is 0 Å². The van der Waals surface area contributed by atoms with Gasteiger partial charge in [0.2, 0.25) is 0 Å². The molecule has 1 aromatic carbocycles. The number of nitrogens with zero attached hydrogens (tertiary/aromatic N) is 1. The number of ether oxygens (including phenoxy) is 1. The summed E-state index contributed by atoms with van der Waals surface area (Å²) in [4.78, 5) is 20.6. The first kappa shape index (κ1) is 25.8. The van der Waals surface area contributed by atoms with E-state index >= 15 is 0 Å². The molecule has 1 amide bonds. The topological polar surface area (TPSA) is 87.1 Å². The zero-order valence-corrected chi connectivity index (χ0v) is 15.8. The van der Waals surface area contributed by atoms with E-state index in [4.69, 9.17) is 10.4 Å². The highest BCUT2D eigenvalue weighted by Crippen LogP contribution is 2.04. The predicted octanol–water partition coefficient (Wildman–Crippen LogP) is 4.79. The molecule has 2 N–H and O–H groups in total. The summed E-state index contributed by atoms with van der Waals surface area (Å²) in [6, 6.07) is 7.98. The number of hydrogen-bond acceptors (Lipinski definition) is 5. The molecule has 0 bridgehead atoms. The van der Waals surface area contributed by atoms with Crippen molar-refractivity contribution in [3.63, 3.8) is 0 Å². The fraction of sp³-hybridized carbons (Fsp3) is 0.400. The molecule has 6 heteroatoms. The molecule has 146 valence electrons. The number of carbonyl (C=O) groups excluding carboxylic acids is 2. The van der Waals surface area contributed by atoms with Crippen LogP contribution in [-0.4, -0.2) is 34.6 Å². The molecule has 1 aromatic rings. The van der Waals surface area contributed by atoms with Crippen molar-refractivity contribution in [2.45, 2.75) is 45.4 Å². The molecule has 0 fully saturated rings. The second-order valence-corrected chi connectivity index (χ2v) is 5.18. The molecule has 0 atom stereocenters. The molecule has 0 aromatic heterocycles. The van der Waals surface area contributed by atoms with Crippen LogP contribution in [0.5, 0.6) is 0 Å². The first-order valence-electron chi connectivity index (χ1n) is 8.53.